The monoisotopic (exact) mass is 688 g/mol. The van der Waals surface area contributed by atoms with Gasteiger partial charge in [0.15, 0.2) is 5.69 Å². The summed E-state index contributed by atoms with van der Waals surface area (Å²) in [6.07, 6.45) is 3.13. The summed E-state index contributed by atoms with van der Waals surface area (Å²) >= 11 is 0. The Bertz CT molecular complexity index is 2280. The van der Waals surface area contributed by atoms with E-state index in [0.717, 1.165) is 43.4 Å². The number of carbonyl (C=O) groups excluding carboxylic acids is 2. The van der Waals surface area contributed by atoms with Gasteiger partial charge in [-0.15, -0.1) is 0 Å². The lowest BCUT2D eigenvalue weighted by Crippen LogP contribution is -2.71. The summed E-state index contributed by atoms with van der Waals surface area (Å²) in [5, 5.41) is 0. The van der Waals surface area contributed by atoms with Crippen molar-refractivity contribution in [3.05, 3.63) is 197 Å². The third-order valence-electron chi connectivity index (χ3n) is 9.14. The maximum atomic E-state index is 16.1. The molecule has 1 amide bonds. The van der Waals surface area contributed by atoms with Gasteiger partial charge >= 0.3 is 12.9 Å². The molecule has 5 aromatic carbocycles. The number of esters is 1. The summed E-state index contributed by atoms with van der Waals surface area (Å²) in [6, 6.07) is 49.4. The Hall–Kier alpha value is -6.41. The molecular weight excluding hydrogens is 653 g/mol. The molecule has 2 aliphatic rings. The number of aromatic nitrogens is 1. The lowest BCUT2D eigenvalue weighted by Gasteiger charge is -2.34. The summed E-state index contributed by atoms with van der Waals surface area (Å²) in [7, 11) is 0. The van der Waals surface area contributed by atoms with Crippen LogP contribution in [0.15, 0.2) is 158 Å². The van der Waals surface area contributed by atoms with Crippen LogP contribution in [0.4, 0.5) is 8.63 Å². The number of fused-ring (bicyclic) bond motifs is 4. The highest BCUT2D eigenvalue weighted by atomic mass is 19.2. The van der Waals surface area contributed by atoms with Crippen molar-refractivity contribution in [2.45, 2.75) is 13.8 Å². The molecular formula is C44H35BF2N2O3. The van der Waals surface area contributed by atoms with E-state index in [4.69, 9.17) is 0 Å². The van der Waals surface area contributed by atoms with Crippen molar-refractivity contribution in [2.24, 2.45) is 0 Å². The standard InChI is InChI=1S/C40H27BF2N2O.C4H8O2/c42-41(43)44-27-33(24-25-34(44)26-37-35-18-10-11-19-36(35)40(46)45(37)41)28-20-22-32(23-21-28)39(31-16-8-3-9-17-31)38(29-12-4-1-5-13-29)30-14-6-2-7-15-30;1-3-6-4(2)5/h1-27H;3H2,1-2H3. The first-order chi connectivity index (χ1) is 25.3. The fourth-order valence-corrected chi connectivity index (χ4v) is 6.83. The molecule has 0 bridgehead atoms. The van der Waals surface area contributed by atoms with Gasteiger partial charge in [0, 0.05) is 41.5 Å². The van der Waals surface area contributed by atoms with Gasteiger partial charge in [-0.3, -0.25) is 9.59 Å². The summed E-state index contributed by atoms with van der Waals surface area (Å²) in [6.45, 7) is -0.745. The van der Waals surface area contributed by atoms with Gasteiger partial charge in [-0.05, 0) is 58.0 Å². The van der Waals surface area contributed by atoms with Crippen molar-refractivity contribution in [2.75, 3.05) is 6.61 Å². The van der Waals surface area contributed by atoms with E-state index in [0.29, 0.717) is 33.8 Å². The molecule has 0 spiro atoms. The highest BCUT2D eigenvalue weighted by Crippen LogP contribution is 2.41. The number of halogens is 2. The number of pyridine rings is 1. The molecule has 0 unspecified atom stereocenters. The third kappa shape index (κ3) is 6.47. The highest BCUT2D eigenvalue weighted by Gasteiger charge is 2.57. The minimum absolute atomic E-state index is 0.211. The average molecular weight is 689 g/mol. The van der Waals surface area contributed by atoms with Crippen molar-refractivity contribution >= 4 is 41.8 Å². The van der Waals surface area contributed by atoms with Gasteiger partial charge in [-0.2, -0.15) is 0 Å². The molecule has 52 heavy (non-hydrogen) atoms. The Morgan fingerprint density at radius 3 is 1.58 bits per heavy atom. The van der Waals surface area contributed by atoms with Crippen LogP contribution in [0.1, 0.15) is 57.7 Å². The molecule has 5 nitrogen and oxygen atoms in total. The van der Waals surface area contributed by atoms with Crippen LogP contribution < -0.4 is 4.48 Å². The van der Waals surface area contributed by atoms with E-state index < -0.39 is 12.9 Å². The number of amides is 1. The number of hydrogen-bond donors (Lipinski definition) is 0. The molecule has 0 atom stereocenters. The number of nitrogens with zero attached hydrogens (tertiary/aromatic N) is 2. The van der Waals surface area contributed by atoms with E-state index in [2.05, 4.69) is 53.3 Å². The van der Waals surface area contributed by atoms with Gasteiger partial charge in [-0.25, -0.2) is 0 Å². The van der Waals surface area contributed by atoms with E-state index in [1.807, 2.05) is 72.8 Å². The molecule has 256 valence electrons. The molecule has 0 saturated heterocycles. The molecule has 1 aromatic heterocycles. The molecule has 8 heteroatoms. The summed E-state index contributed by atoms with van der Waals surface area (Å²) in [4.78, 5) is 23.6. The van der Waals surface area contributed by atoms with Gasteiger partial charge in [0.1, 0.15) is 6.20 Å². The molecule has 0 N–H and O–H groups in total. The quantitative estimate of drug-likeness (QED) is 0.0996. The van der Waals surface area contributed by atoms with E-state index in [9.17, 15) is 9.59 Å². The fraction of sp³-hybridized carbons (Fsp3) is 0.0682. The second-order valence-corrected chi connectivity index (χ2v) is 12.4. The first-order valence-corrected chi connectivity index (χ1v) is 17.1. The second-order valence-electron chi connectivity index (χ2n) is 12.4. The largest absolute Gasteiger partial charge is 0.739 e. The molecule has 2 aliphatic heterocycles. The molecule has 0 fully saturated rings. The Balaban J connectivity index is 0.000000648. The van der Waals surface area contributed by atoms with Gasteiger partial charge in [0.05, 0.1) is 6.61 Å². The number of benzene rings is 5. The van der Waals surface area contributed by atoms with Crippen LogP contribution in [0.25, 0.3) is 34.0 Å². The summed E-state index contributed by atoms with van der Waals surface area (Å²) in [5.41, 5.74) is 9.31. The Kier molecular flexibility index (Phi) is 9.46. The van der Waals surface area contributed by atoms with E-state index in [1.165, 1.54) is 13.1 Å². The first kappa shape index (κ1) is 34.1. The molecule has 8 rings (SSSR count). The number of ether oxygens (including phenoxy) is 1. The zero-order chi connectivity index (χ0) is 36.2. The average Bonchev–Trinajstić information content (AvgIpc) is 3.47. The van der Waals surface area contributed by atoms with Crippen molar-refractivity contribution in [3.63, 3.8) is 0 Å². The fourth-order valence-electron chi connectivity index (χ4n) is 6.83. The number of carbonyl (C=O) groups is 2. The third-order valence-corrected chi connectivity index (χ3v) is 9.14. The van der Waals surface area contributed by atoms with Crippen LogP contribution in [0, 0.1) is 0 Å². The smallest absolute Gasteiger partial charge is 0.466 e. The van der Waals surface area contributed by atoms with Crippen LogP contribution >= 0.6 is 0 Å². The van der Waals surface area contributed by atoms with E-state index >= 15 is 8.63 Å². The molecule has 3 heterocycles. The Morgan fingerprint density at radius 1 is 0.635 bits per heavy atom. The maximum Gasteiger partial charge on any atom is 0.739 e. The summed E-state index contributed by atoms with van der Waals surface area (Å²) < 4.78 is 37.6. The van der Waals surface area contributed by atoms with Gasteiger partial charge in [-0.1, -0.05) is 133 Å². The molecule has 0 radical (unpaired) electrons. The van der Waals surface area contributed by atoms with E-state index in [1.54, 1.807) is 43.3 Å². The predicted molar refractivity (Wildman–Crippen MR) is 203 cm³/mol. The zero-order valence-electron chi connectivity index (χ0n) is 28.7. The van der Waals surface area contributed by atoms with Gasteiger partial charge < -0.3 is 22.7 Å². The minimum Gasteiger partial charge on any atom is -0.466 e. The lowest BCUT2D eigenvalue weighted by molar-refractivity contribution is -0.575. The number of hydrogen-bond acceptors (Lipinski definition) is 3. The molecule has 0 aliphatic carbocycles. The van der Waals surface area contributed by atoms with Crippen LogP contribution in [-0.4, -0.2) is 30.3 Å². The van der Waals surface area contributed by atoms with E-state index in [-0.39, 0.29) is 11.7 Å². The molecule has 0 saturated carbocycles. The topological polar surface area (TPSA) is 50.5 Å². The predicted octanol–water partition coefficient (Wildman–Crippen LogP) is 9.41. The first-order valence-electron chi connectivity index (χ1n) is 17.1. The van der Waals surface area contributed by atoms with Crippen LogP contribution in [0.3, 0.4) is 0 Å². The Labute approximate surface area is 301 Å². The number of rotatable bonds is 6. The van der Waals surface area contributed by atoms with Gasteiger partial charge in [0.2, 0.25) is 5.91 Å². The normalized spacial score (nSPS) is 13.4. The SMILES string of the molecule is CCOC(C)=O.O=C1c2ccccc2C2=Cc3ccc(-c4ccc(C(=C(c5ccccc5)c5ccccc5)c5ccccc5)cc4)c[n+]3[B-](F)(F)N12. The second kappa shape index (κ2) is 14.4. The maximum absolute atomic E-state index is 16.1. The van der Waals surface area contributed by atoms with Crippen molar-refractivity contribution in [3.8, 4) is 11.1 Å². The highest BCUT2D eigenvalue weighted by molar-refractivity contribution is 6.61. The van der Waals surface area contributed by atoms with Crippen LogP contribution in [0.2, 0.25) is 0 Å². The lowest BCUT2D eigenvalue weighted by atomic mass is 9.85. The van der Waals surface area contributed by atoms with Crippen molar-refractivity contribution in [1.29, 1.82) is 0 Å². The van der Waals surface area contributed by atoms with Gasteiger partial charge in [0.25, 0.3) is 0 Å². The zero-order valence-corrected chi connectivity index (χ0v) is 28.7. The molecule has 6 aromatic rings. The van der Waals surface area contributed by atoms with Crippen molar-refractivity contribution in [1.82, 2.24) is 4.81 Å². The summed E-state index contributed by atoms with van der Waals surface area (Å²) in [5.74, 6) is -0.884. The van der Waals surface area contributed by atoms with Crippen molar-refractivity contribution < 1.29 is 27.4 Å². The minimum atomic E-state index is -4.40. The van der Waals surface area contributed by atoms with Crippen LogP contribution in [-0.2, 0) is 9.53 Å². The Morgan fingerprint density at radius 2 is 1.10 bits per heavy atom. The van der Waals surface area contributed by atoms with Crippen LogP contribution in [0.5, 0.6) is 0 Å².